The van der Waals surface area contributed by atoms with Gasteiger partial charge < -0.3 is 5.32 Å². The van der Waals surface area contributed by atoms with E-state index in [1.807, 2.05) is 0 Å². The summed E-state index contributed by atoms with van der Waals surface area (Å²) in [6, 6.07) is -1.01. The summed E-state index contributed by atoms with van der Waals surface area (Å²) in [6.07, 6.45) is -4.60. The van der Waals surface area contributed by atoms with Crippen molar-refractivity contribution in [3.8, 4) is 0 Å². The van der Waals surface area contributed by atoms with Gasteiger partial charge in [-0.15, -0.1) is 0 Å². The van der Waals surface area contributed by atoms with Crippen LogP contribution >= 0.6 is 0 Å². The number of carbonyl (C=O) groups is 4. The molecule has 1 rings (SSSR count). The van der Waals surface area contributed by atoms with Crippen molar-refractivity contribution in [2.75, 3.05) is 19.6 Å². The average Bonchev–Trinajstić information content (AvgIpc) is 2.50. The first-order valence-corrected chi connectivity index (χ1v) is 5.18. The maximum atomic E-state index is 11.8. The maximum absolute atomic E-state index is 11.8. The molecule has 1 saturated heterocycles. The van der Waals surface area contributed by atoms with Gasteiger partial charge in [-0.25, -0.2) is 9.69 Å². The second kappa shape index (κ2) is 5.24. The van der Waals surface area contributed by atoms with Crippen molar-refractivity contribution in [1.29, 1.82) is 0 Å². The zero-order chi connectivity index (χ0) is 14.8. The summed E-state index contributed by atoms with van der Waals surface area (Å²) >= 11 is 0. The molecule has 7 nitrogen and oxygen atoms in total. The standard InChI is InChI=1S/C9H10F3N3O4/c1-2-14-6(17)7(18)15(8(14)19)3-5(16)13-4-9(10,11)12/h2-4H2,1H3,(H,13,16). The zero-order valence-corrected chi connectivity index (χ0v) is 9.78. The minimum Gasteiger partial charge on any atom is -0.345 e. The third-order valence-electron chi connectivity index (χ3n) is 2.24. The lowest BCUT2D eigenvalue weighted by Gasteiger charge is -2.14. The Morgan fingerprint density at radius 1 is 1.16 bits per heavy atom. The fraction of sp³-hybridized carbons (Fsp3) is 0.556. The van der Waals surface area contributed by atoms with Crippen LogP contribution in [0.2, 0.25) is 0 Å². The van der Waals surface area contributed by atoms with E-state index in [2.05, 4.69) is 0 Å². The van der Waals surface area contributed by atoms with Gasteiger partial charge in [-0.1, -0.05) is 0 Å². The van der Waals surface area contributed by atoms with E-state index in [9.17, 15) is 32.3 Å². The molecule has 0 bridgehead atoms. The monoisotopic (exact) mass is 281 g/mol. The Kier molecular flexibility index (Phi) is 4.12. The number of urea groups is 1. The molecule has 106 valence electrons. The molecular formula is C9H10F3N3O4. The minimum atomic E-state index is -4.60. The van der Waals surface area contributed by atoms with Crippen LogP contribution in [-0.4, -0.2) is 59.4 Å². The number of rotatable bonds is 4. The lowest BCUT2D eigenvalue weighted by Crippen LogP contribution is -2.43. The second-order valence-electron chi connectivity index (χ2n) is 3.62. The molecule has 0 aromatic carbocycles. The fourth-order valence-corrected chi connectivity index (χ4v) is 1.37. The molecule has 5 amide bonds. The summed E-state index contributed by atoms with van der Waals surface area (Å²) in [5.41, 5.74) is 0. The molecule has 0 spiro atoms. The van der Waals surface area contributed by atoms with Crippen LogP contribution in [0.3, 0.4) is 0 Å². The first-order valence-electron chi connectivity index (χ1n) is 5.18. The number of nitrogens with zero attached hydrogens (tertiary/aromatic N) is 2. The minimum absolute atomic E-state index is 0.0654. The van der Waals surface area contributed by atoms with E-state index in [0.29, 0.717) is 9.80 Å². The SMILES string of the molecule is CCN1C(=O)C(=O)N(CC(=O)NCC(F)(F)F)C1=O. The molecule has 0 aromatic heterocycles. The van der Waals surface area contributed by atoms with Crippen LogP contribution in [0.15, 0.2) is 0 Å². The molecule has 1 aliphatic rings. The summed E-state index contributed by atoms with van der Waals surface area (Å²) < 4.78 is 35.5. The van der Waals surface area contributed by atoms with Gasteiger partial charge in [0.15, 0.2) is 0 Å². The quantitative estimate of drug-likeness (QED) is 0.554. The number of hydrogen-bond donors (Lipinski definition) is 1. The lowest BCUT2D eigenvalue weighted by atomic mass is 10.4. The molecule has 0 unspecified atom stereocenters. The van der Waals surface area contributed by atoms with Crippen molar-refractivity contribution in [3.63, 3.8) is 0 Å². The largest absolute Gasteiger partial charge is 0.405 e. The van der Waals surface area contributed by atoms with E-state index in [4.69, 9.17) is 0 Å². The van der Waals surface area contributed by atoms with Gasteiger partial charge >= 0.3 is 24.0 Å². The first-order chi connectivity index (χ1) is 8.67. The van der Waals surface area contributed by atoms with Crippen molar-refractivity contribution >= 4 is 23.8 Å². The van der Waals surface area contributed by atoms with Crippen LogP contribution in [0.5, 0.6) is 0 Å². The molecule has 10 heteroatoms. The molecule has 1 fully saturated rings. The van der Waals surface area contributed by atoms with Crippen molar-refractivity contribution in [2.24, 2.45) is 0 Å². The van der Waals surface area contributed by atoms with Crippen LogP contribution < -0.4 is 5.32 Å². The first kappa shape index (κ1) is 14.9. The number of nitrogens with one attached hydrogen (secondary N) is 1. The van der Waals surface area contributed by atoms with Gasteiger partial charge in [-0.2, -0.15) is 13.2 Å². The highest BCUT2D eigenvalue weighted by atomic mass is 19.4. The Hall–Kier alpha value is -2.13. The van der Waals surface area contributed by atoms with E-state index in [1.165, 1.54) is 12.2 Å². The van der Waals surface area contributed by atoms with Crippen molar-refractivity contribution in [2.45, 2.75) is 13.1 Å². The summed E-state index contributed by atoms with van der Waals surface area (Å²) in [7, 11) is 0. The number of carbonyl (C=O) groups excluding carboxylic acids is 4. The topological polar surface area (TPSA) is 86.8 Å². The van der Waals surface area contributed by atoms with E-state index >= 15 is 0 Å². The second-order valence-corrected chi connectivity index (χ2v) is 3.62. The molecule has 0 atom stereocenters. The Labute approximate surface area is 105 Å². The molecule has 0 aliphatic carbocycles. The third kappa shape index (κ3) is 3.42. The summed E-state index contributed by atoms with van der Waals surface area (Å²) in [6.45, 7) is -1.12. The van der Waals surface area contributed by atoms with Crippen LogP contribution in [0.25, 0.3) is 0 Å². The highest BCUT2D eigenvalue weighted by molar-refractivity contribution is 6.45. The summed E-state index contributed by atoms with van der Waals surface area (Å²) in [5, 5.41) is 1.50. The molecule has 0 radical (unpaired) electrons. The van der Waals surface area contributed by atoms with Crippen molar-refractivity contribution < 1.29 is 32.3 Å². The van der Waals surface area contributed by atoms with Crippen LogP contribution in [0.4, 0.5) is 18.0 Å². The Bertz CT molecular complexity index is 435. The number of amides is 5. The predicted octanol–water partition coefficient (Wildman–Crippen LogP) is -0.524. The predicted molar refractivity (Wildman–Crippen MR) is 53.6 cm³/mol. The smallest absolute Gasteiger partial charge is 0.345 e. The highest BCUT2D eigenvalue weighted by Crippen LogP contribution is 2.13. The molecule has 1 N–H and O–H groups in total. The van der Waals surface area contributed by atoms with Gasteiger partial charge in [0.1, 0.15) is 13.1 Å². The molecular weight excluding hydrogens is 271 g/mol. The van der Waals surface area contributed by atoms with Gasteiger partial charge in [-0.05, 0) is 6.92 Å². The summed E-state index contributed by atoms with van der Waals surface area (Å²) in [5.74, 6) is -3.50. The van der Waals surface area contributed by atoms with Crippen LogP contribution in [-0.2, 0) is 14.4 Å². The molecule has 0 aromatic rings. The van der Waals surface area contributed by atoms with Crippen LogP contribution in [0, 0.1) is 0 Å². The van der Waals surface area contributed by atoms with Crippen molar-refractivity contribution in [3.05, 3.63) is 0 Å². The number of likely N-dealkylation sites (N-methyl/N-ethyl adjacent to an activating group) is 1. The number of imide groups is 2. The zero-order valence-electron chi connectivity index (χ0n) is 9.78. The molecule has 0 saturated carbocycles. The van der Waals surface area contributed by atoms with Crippen LogP contribution in [0.1, 0.15) is 6.92 Å². The average molecular weight is 281 g/mol. The Morgan fingerprint density at radius 2 is 1.68 bits per heavy atom. The third-order valence-corrected chi connectivity index (χ3v) is 2.24. The fourth-order valence-electron chi connectivity index (χ4n) is 1.37. The van der Waals surface area contributed by atoms with Gasteiger partial charge in [-0.3, -0.25) is 19.3 Å². The maximum Gasteiger partial charge on any atom is 0.405 e. The van der Waals surface area contributed by atoms with E-state index in [-0.39, 0.29) is 6.54 Å². The van der Waals surface area contributed by atoms with Gasteiger partial charge in [0.2, 0.25) is 5.91 Å². The van der Waals surface area contributed by atoms with Gasteiger partial charge in [0.05, 0.1) is 0 Å². The molecule has 1 heterocycles. The normalized spacial score (nSPS) is 16.3. The molecule has 1 aliphatic heterocycles. The Morgan fingerprint density at radius 3 is 2.11 bits per heavy atom. The molecule has 19 heavy (non-hydrogen) atoms. The number of hydrogen-bond acceptors (Lipinski definition) is 4. The lowest BCUT2D eigenvalue weighted by molar-refractivity contribution is -0.145. The highest BCUT2D eigenvalue weighted by Gasteiger charge is 2.44. The van der Waals surface area contributed by atoms with Gasteiger partial charge in [0, 0.05) is 6.54 Å². The van der Waals surface area contributed by atoms with Gasteiger partial charge in [0.25, 0.3) is 0 Å². The Balaban J connectivity index is 2.62. The number of alkyl halides is 3. The van der Waals surface area contributed by atoms with E-state index in [0.717, 1.165) is 0 Å². The van der Waals surface area contributed by atoms with E-state index in [1.54, 1.807) is 0 Å². The summed E-state index contributed by atoms with van der Waals surface area (Å²) in [4.78, 5) is 46.1. The van der Waals surface area contributed by atoms with Crippen molar-refractivity contribution in [1.82, 2.24) is 15.1 Å². The van der Waals surface area contributed by atoms with E-state index < -0.39 is 43.0 Å². The number of halogens is 3.